The van der Waals surface area contributed by atoms with Crippen LogP contribution in [0, 0.1) is 5.82 Å². The average Bonchev–Trinajstić information content (AvgIpc) is 2.64. The van der Waals surface area contributed by atoms with E-state index in [1.165, 1.54) is 24.5 Å². The van der Waals surface area contributed by atoms with Gasteiger partial charge in [-0.1, -0.05) is 0 Å². The van der Waals surface area contributed by atoms with Gasteiger partial charge in [0.25, 0.3) is 5.91 Å². The number of aromatic nitrogens is 1. The molecule has 1 N–H and O–H groups in total. The molecular weight excluding hydrogens is 333 g/mol. The van der Waals surface area contributed by atoms with Gasteiger partial charge in [-0.2, -0.15) is 0 Å². The molecule has 26 heavy (non-hydrogen) atoms. The summed E-state index contributed by atoms with van der Waals surface area (Å²) in [4.78, 5) is 18.5. The van der Waals surface area contributed by atoms with E-state index in [2.05, 4.69) is 10.3 Å². The average molecular weight is 353 g/mol. The second-order valence-corrected chi connectivity index (χ2v) is 6.15. The summed E-state index contributed by atoms with van der Waals surface area (Å²) in [6.07, 6.45) is 3.06. The molecule has 0 aliphatic heterocycles. The molecule has 0 saturated carbocycles. The van der Waals surface area contributed by atoms with Crippen LogP contribution in [0.1, 0.15) is 10.4 Å². The van der Waals surface area contributed by atoms with Gasteiger partial charge in [-0.25, -0.2) is 4.39 Å². The number of hydrogen-bond acceptors (Lipinski definition) is 4. The summed E-state index contributed by atoms with van der Waals surface area (Å²) < 4.78 is 19.5. The third kappa shape index (κ3) is 4.15. The molecule has 0 spiro atoms. The number of ether oxygens (including phenoxy) is 1. The Morgan fingerprint density at radius 2 is 1.88 bits per heavy atom. The molecule has 0 aliphatic rings. The molecule has 2 aromatic carbocycles. The number of halogens is 1. The Morgan fingerprint density at radius 1 is 1.12 bits per heavy atom. The van der Waals surface area contributed by atoms with Crippen LogP contribution in [0.15, 0.2) is 54.9 Å². The lowest BCUT2D eigenvalue weighted by Gasteiger charge is -2.12. The molecule has 6 heteroatoms. The standard InChI is InChI=1S/C20H20FN3O2/c1-24(2)11-12-26-15-5-3-14(4-6-15)20(25)23-19-8-7-18(21)16-9-10-22-13-17(16)19/h3-10,13H,11-12H2,1-2H3,(H,23,25). The molecule has 134 valence electrons. The maximum Gasteiger partial charge on any atom is 0.255 e. The lowest BCUT2D eigenvalue weighted by molar-refractivity contribution is 0.102. The van der Waals surface area contributed by atoms with Crippen LogP contribution >= 0.6 is 0 Å². The van der Waals surface area contributed by atoms with Crippen molar-refractivity contribution in [3.8, 4) is 5.75 Å². The minimum Gasteiger partial charge on any atom is -0.492 e. The predicted octanol–water partition coefficient (Wildman–Crippen LogP) is 3.57. The quantitative estimate of drug-likeness (QED) is 0.736. The first-order chi connectivity index (χ1) is 12.5. The smallest absolute Gasteiger partial charge is 0.255 e. The van der Waals surface area contributed by atoms with Crippen LogP contribution < -0.4 is 10.1 Å². The second kappa shape index (κ2) is 7.93. The fraction of sp³-hybridized carbons (Fsp3) is 0.200. The van der Waals surface area contributed by atoms with Gasteiger partial charge in [0.15, 0.2) is 0 Å². The van der Waals surface area contributed by atoms with Crippen LogP contribution in [0.5, 0.6) is 5.75 Å². The van der Waals surface area contributed by atoms with Crippen LogP contribution in [-0.4, -0.2) is 43.0 Å². The number of fused-ring (bicyclic) bond motifs is 1. The molecule has 1 amide bonds. The van der Waals surface area contributed by atoms with Gasteiger partial charge in [0, 0.05) is 35.3 Å². The molecule has 0 atom stereocenters. The summed E-state index contributed by atoms with van der Waals surface area (Å²) in [7, 11) is 3.96. The Bertz CT molecular complexity index is 911. The first-order valence-electron chi connectivity index (χ1n) is 8.26. The van der Waals surface area contributed by atoms with Crippen molar-refractivity contribution < 1.29 is 13.9 Å². The van der Waals surface area contributed by atoms with Crippen molar-refractivity contribution >= 4 is 22.4 Å². The monoisotopic (exact) mass is 353 g/mol. The fourth-order valence-corrected chi connectivity index (χ4v) is 2.51. The van der Waals surface area contributed by atoms with Gasteiger partial charge in [-0.15, -0.1) is 0 Å². The number of pyridine rings is 1. The van der Waals surface area contributed by atoms with Crippen LogP contribution in [0.4, 0.5) is 10.1 Å². The number of amides is 1. The minimum absolute atomic E-state index is 0.276. The highest BCUT2D eigenvalue weighted by atomic mass is 19.1. The Balaban J connectivity index is 1.72. The largest absolute Gasteiger partial charge is 0.492 e. The summed E-state index contributed by atoms with van der Waals surface area (Å²) in [5.74, 6) is 0.0843. The molecule has 0 radical (unpaired) electrons. The lowest BCUT2D eigenvalue weighted by Crippen LogP contribution is -2.19. The van der Waals surface area contributed by atoms with E-state index in [0.717, 1.165) is 6.54 Å². The van der Waals surface area contributed by atoms with Crippen molar-refractivity contribution in [1.82, 2.24) is 9.88 Å². The van der Waals surface area contributed by atoms with E-state index in [4.69, 9.17) is 4.74 Å². The summed E-state index contributed by atoms with van der Waals surface area (Å²) in [6, 6.07) is 11.4. The summed E-state index contributed by atoms with van der Waals surface area (Å²) in [5, 5.41) is 3.79. The van der Waals surface area contributed by atoms with Gasteiger partial charge in [-0.3, -0.25) is 9.78 Å². The Morgan fingerprint density at radius 3 is 2.62 bits per heavy atom. The molecule has 3 aromatic rings. The van der Waals surface area contributed by atoms with E-state index in [1.54, 1.807) is 30.3 Å². The van der Waals surface area contributed by atoms with Crippen molar-refractivity contribution in [2.75, 3.05) is 32.6 Å². The van der Waals surface area contributed by atoms with E-state index >= 15 is 0 Å². The third-order valence-corrected chi connectivity index (χ3v) is 3.94. The molecular formula is C20H20FN3O2. The van der Waals surface area contributed by atoms with Crippen molar-refractivity contribution in [3.63, 3.8) is 0 Å². The number of nitrogens with one attached hydrogen (secondary N) is 1. The molecule has 0 fully saturated rings. The van der Waals surface area contributed by atoms with E-state index in [0.29, 0.717) is 34.4 Å². The zero-order chi connectivity index (χ0) is 18.5. The van der Waals surface area contributed by atoms with Gasteiger partial charge in [0.05, 0.1) is 5.69 Å². The normalized spacial score (nSPS) is 10.9. The Kier molecular flexibility index (Phi) is 5.43. The molecule has 0 unspecified atom stereocenters. The van der Waals surface area contributed by atoms with Crippen molar-refractivity contribution in [1.29, 1.82) is 0 Å². The zero-order valence-electron chi connectivity index (χ0n) is 14.7. The van der Waals surface area contributed by atoms with Gasteiger partial charge < -0.3 is 15.0 Å². The fourth-order valence-electron chi connectivity index (χ4n) is 2.51. The molecule has 1 heterocycles. The molecule has 0 bridgehead atoms. The molecule has 5 nitrogen and oxygen atoms in total. The van der Waals surface area contributed by atoms with Crippen LogP contribution in [-0.2, 0) is 0 Å². The first kappa shape index (κ1) is 17.8. The maximum atomic E-state index is 13.9. The number of rotatable bonds is 6. The zero-order valence-corrected chi connectivity index (χ0v) is 14.7. The van der Waals surface area contributed by atoms with E-state index < -0.39 is 0 Å². The highest BCUT2D eigenvalue weighted by Crippen LogP contribution is 2.25. The number of likely N-dealkylation sites (N-methyl/N-ethyl adjacent to an activating group) is 1. The summed E-state index contributed by atoms with van der Waals surface area (Å²) in [5.41, 5.74) is 1.01. The van der Waals surface area contributed by atoms with Crippen LogP contribution in [0.25, 0.3) is 10.8 Å². The second-order valence-electron chi connectivity index (χ2n) is 6.15. The Labute approximate surface area is 151 Å². The summed E-state index contributed by atoms with van der Waals surface area (Å²) in [6.45, 7) is 1.39. The van der Waals surface area contributed by atoms with Gasteiger partial charge in [-0.05, 0) is 56.6 Å². The molecule has 3 rings (SSSR count). The molecule has 0 aliphatic carbocycles. The van der Waals surface area contributed by atoms with Crippen LogP contribution in [0.3, 0.4) is 0 Å². The van der Waals surface area contributed by atoms with Gasteiger partial charge in [0.2, 0.25) is 0 Å². The Hall–Kier alpha value is -2.99. The summed E-state index contributed by atoms with van der Waals surface area (Å²) >= 11 is 0. The number of anilines is 1. The van der Waals surface area contributed by atoms with E-state index in [9.17, 15) is 9.18 Å². The number of benzene rings is 2. The van der Waals surface area contributed by atoms with Crippen LogP contribution in [0.2, 0.25) is 0 Å². The van der Waals surface area contributed by atoms with E-state index in [1.807, 2.05) is 19.0 Å². The van der Waals surface area contributed by atoms with Gasteiger partial charge >= 0.3 is 0 Å². The van der Waals surface area contributed by atoms with Gasteiger partial charge in [0.1, 0.15) is 18.2 Å². The van der Waals surface area contributed by atoms with Crippen molar-refractivity contribution in [2.24, 2.45) is 0 Å². The molecule has 1 aromatic heterocycles. The number of nitrogens with zero attached hydrogens (tertiary/aromatic N) is 2. The third-order valence-electron chi connectivity index (χ3n) is 3.94. The highest BCUT2D eigenvalue weighted by Gasteiger charge is 2.11. The number of hydrogen-bond donors (Lipinski definition) is 1. The lowest BCUT2D eigenvalue weighted by atomic mass is 10.1. The highest BCUT2D eigenvalue weighted by molar-refractivity contribution is 6.09. The SMILES string of the molecule is CN(C)CCOc1ccc(C(=O)Nc2ccc(F)c3ccncc23)cc1. The minimum atomic E-state index is -0.348. The number of carbonyl (C=O) groups is 1. The van der Waals surface area contributed by atoms with Crippen molar-refractivity contribution in [2.45, 2.75) is 0 Å². The first-order valence-corrected chi connectivity index (χ1v) is 8.26. The maximum absolute atomic E-state index is 13.9. The molecule has 0 saturated heterocycles. The van der Waals surface area contributed by atoms with Crippen molar-refractivity contribution in [3.05, 3.63) is 66.2 Å². The number of carbonyl (C=O) groups excluding carboxylic acids is 1. The predicted molar refractivity (Wildman–Crippen MR) is 100 cm³/mol. The van der Waals surface area contributed by atoms with E-state index in [-0.39, 0.29) is 11.7 Å². The topological polar surface area (TPSA) is 54.5 Å².